The first kappa shape index (κ1) is 36.1. The van der Waals surface area contributed by atoms with Crippen LogP contribution in [-0.4, -0.2) is 131 Å². The molecule has 0 bridgehead atoms. The SMILES string of the molecule is COC(=O)c1c(C)cc2c(c1O)[C@]1(O)C(=O)c3cc4c(c(O)c3C(=O)[C@]1(OC)[C@H](O)C2)/C(=N/O)C=C(N[C@H]1O[C@@H](C)[C@H](OC)[C@@H](O)[C@H]1OC)C4=O. The second-order valence-corrected chi connectivity index (χ2v) is 12.7. The Morgan fingerprint density at radius 3 is 2.24 bits per heavy atom. The number of aryl methyl sites for hydroxylation is 1. The molecule has 0 unspecified atom stereocenters. The van der Waals surface area contributed by atoms with Crippen LogP contribution in [0.3, 0.4) is 0 Å². The second kappa shape index (κ2) is 12.5. The number of allylic oxidation sites excluding steroid dienone is 2. The van der Waals surface area contributed by atoms with Gasteiger partial charge in [-0.05, 0) is 37.1 Å². The third-order valence-corrected chi connectivity index (χ3v) is 10.3. The molecule has 8 atom stereocenters. The van der Waals surface area contributed by atoms with Crippen molar-refractivity contribution in [1.82, 2.24) is 5.32 Å². The quantitative estimate of drug-likeness (QED) is 0.116. The van der Waals surface area contributed by atoms with E-state index in [-0.39, 0.29) is 16.8 Å². The molecule has 51 heavy (non-hydrogen) atoms. The highest BCUT2D eigenvalue weighted by Gasteiger charge is 2.72. The van der Waals surface area contributed by atoms with Gasteiger partial charge in [0.25, 0.3) is 0 Å². The summed E-state index contributed by atoms with van der Waals surface area (Å²) in [6.45, 7) is 3.07. The number of carbonyl (C=O) groups excluding carboxylic acids is 4. The molecule has 1 fully saturated rings. The highest BCUT2D eigenvalue weighted by molar-refractivity contribution is 6.31. The summed E-state index contributed by atoms with van der Waals surface area (Å²) >= 11 is 0. The van der Waals surface area contributed by atoms with E-state index < -0.39 is 128 Å². The van der Waals surface area contributed by atoms with Gasteiger partial charge in [0.1, 0.15) is 41.1 Å². The molecule has 0 aromatic heterocycles. The Labute approximate surface area is 289 Å². The zero-order valence-corrected chi connectivity index (χ0v) is 28.2. The van der Waals surface area contributed by atoms with Crippen molar-refractivity contribution in [3.63, 3.8) is 0 Å². The first-order valence-corrected chi connectivity index (χ1v) is 15.6. The maximum Gasteiger partial charge on any atom is 0.341 e. The number of hydrogen-bond acceptors (Lipinski definition) is 17. The van der Waals surface area contributed by atoms with Crippen LogP contribution in [-0.2, 0) is 35.7 Å². The Morgan fingerprint density at radius 2 is 1.65 bits per heavy atom. The van der Waals surface area contributed by atoms with Gasteiger partial charge < -0.3 is 59.7 Å². The van der Waals surface area contributed by atoms with Gasteiger partial charge in [-0.25, -0.2) is 4.79 Å². The standard InChI is InChI=1S/C34H36N2O15/c1-11-7-13-8-18(37)34(50-6)30(43)21-15(29(42)33(34,45)22(13)25(40)19(11)32(44)49-5)9-14-20(24(21)39)16(36-46)10-17(23(14)38)35-31-28(48-4)26(41)27(47-3)12(2)51-31/h7,9-10,12,18,26-28,31,35,37,39-41,45-46H,8H2,1-6H3/b36-16+/t12-,18+,26+,27-,28+,31-,33-,34+/m0/s1. The van der Waals surface area contributed by atoms with Crippen LogP contribution in [0.5, 0.6) is 11.5 Å². The van der Waals surface area contributed by atoms with Crippen molar-refractivity contribution in [2.45, 2.75) is 68.2 Å². The number of nitrogens with one attached hydrogen (secondary N) is 1. The van der Waals surface area contributed by atoms with Gasteiger partial charge in [0.2, 0.25) is 17.3 Å². The number of aliphatic hydroxyl groups is 3. The first-order valence-electron chi connectivity index (χ1n) is 15.6. The summed E-state index contributed by atoms with van der Waals surface area (Å²) in [6.07, 6.45) is -6.31. The van der Waals surface area contributed by atoms with Gasteiger partial charge in [0.15, 0.2) is 17.4 Å². The summed E-state index contributed by atoms with van der Waals surface area (Å²) in [5.74, 6) is -6.55. The maximum atomic E-state index is 14.7. The number of ether oxygens (including phenoxy) is 5. The normalized spacial score (nSPS) is 32.1. The highest BCUT2D eigenvalue weighted by Crippen LogP contribution is 2.56. The topological polar surface area (TPSA) is 260 Å². The van der Waals surface area contributed by atoms with Crippen molar-refractivity contribution in [1.29, 1.82) is 0 Å². The van der Waals surface area contributed by atoms with Crippen molar-refractivity contribution >= 4 is 29.0 Å². The number of hydrogen-bond donors (Lipinski definition) is 7. The number of rotatable bonds is 6. The summed E-state index contributed by atoms with van der Waals surface area (Å²) in [6, 6.07) is 2.23. The number of nitrogens with zero attached hydrogens (tertiary/aromatic N) is 1. The van der Waals surface area contributed by atoms with Crippen LogP contribution in [0, 0.1) is 6.92 Å². The minimum absolute atomic E-state index is 0.000358. The van der Waals surface area contributed by atoms with Crippen LogP contribution in [0.4, 0.5) is 0 Å². The Morgan fingerprint density at radius 1 is 0.980 bits per heavy atom. The van der Waals surface area contributed by atoms with Crippen LogP contribution in [0.15, 0.2) is 29.1 Å². The molecule has 3 aliphatic carbocycles. The van der Waals surface area contributed by atoms with E-state index >= 15 is 0 Å². The number of methoxy groups -OCH3 is 4. The first-order chi connectivity index (χ1) is 24.1. The summed E-state index contributed by atoms with van der Waals surface area (Å²) < 4.78 is 26.9. The molecule has 4 aliphatic rings. The zero-order valence-electron chi connectivity index (χ0n) is 28.2. The largest absolute Gasteiger partial charge is 0.507 e. The van der Waals surface area contributed by atoms with E-state index in [0.717, 1.165) is 26.4 Å². The molecule has 0 saturated carbocycles. The molecule has 1 heterocycles. The molecular formula is C34H36N2O15. The summed E-state index contributed by atoms with van der Waals surface area (Å²) in [4.78, 5) is 55.9. The Bertz CT molecular complexity index is 1960. The summed E-state index contributed by atoms with van der Waals surface area (Å²) in [5, 5.41) is 73.9. The third kappa shape index (κ3) is 4.63. The molecule has 272 valence electrons. The number of fused-ring (bicyclic) bond motifs is 5. The van der Waals surface area contributed by atoms with E-state index in [9.17, 15) is 49.9 Å². The number of esters is 1. The molecule has 7 N–H and O–H groups in total. The van der Waals surface area contributed by atoms with Gasteiger partial charge >= 0.3 is 5.97 Å². The van der Waals surface area contributed by atoms with Gasteiger partial charge in [0, 0.05) is 44.4 Å². The Balaban J connectivity index is 1.54. The monoisotopic (exact) mass is 712 g/mol. The van der Waals surface area contributed by atoms with Crippen LogP contribution < -0.4 is 5.32 Å². The van der Waals surface area contributed by atoms with Gasteiger partial charge in [0.05, 0.1) is 36.1 Å². The Hall–Kier alpha value is -4.75. The molecule has 1 saturated heterocycles. The smallest absolute Gasteiger partial charge is 0.341 e. The fourth-order valence-corrected chi connectivity index (χ4v) is 7.94. The average Bonchev–Trinajstić information content (AvgIpc) is 3.08. The number of phenolic OH excluding ortho intramolecular Hbond substituents is 2. The lowest BCUT2D eigenvalue weighted by Crippen LogP contribution is -2.73. The molecule has 0 radical (unpaired) electrons. The Kier molecular flexibility index (Phi) is 8.82. The number of aromatic hydroxyl groups is 2. The molecular weight excluding hydrogens is 676 g/mol. The molecule has 6 rings (SSSR count). The number of carbonyl (C=O) groups is 4. The lowest BCUT2D eigenvalue weighted by molar-refractivity contribution is -0.236. The van der Waals surface area contributed by atoms with E-state index in [1.54, 1.807) is 6.92 Å². The number of ketones is 3. The predicted octanol–water partition coefficient (Wildman–Crippen LogP) is -0.254. The van der Waals surface area contributed by atoms with E-state index in [0.29, 0.717) is 0 Å². The van der Waals surface area contributed by atoms with E-state index in [2.05, 4.69) is 10.5 Å². The van der Waals surface area contributed by atoms with Crippen LogP contribution in [0.1, 0.15) is 70.6 Å². The molecule has 0 spiro atoms. The maximum absolute atomic E-state index is 14.7. The minimum atomic E-state index is -3.23. The van der Waals surface area contributed by atoms with Crippen molar-refractivity contribution in [2.24, 2.45) is 5.16 Å². The van der Waals surface area contributed by atoms with Crippen molar-refractivity contribution < 1.29 is 73.6 Å². The number of benzene rings is 2. The van der Waals surface area contributed by atoms with Gasteiger partial charge in [-0.2, -0.15) is 0 Å². The second-order valence-electron chi connectivity index (χ2n) is 12.7. The summed E-state index contributed by atoms with van der Waals surface area (Å²) in [5.41, 5.74) is -10.2. The lowest BCUT2D eigenvalue weighted by Gasteiger charge is -2.53. The molecule has 17 heteroatoms. The van der Waals surface area contributed by atoms with E-state index in [4.69, 9.17) is 23.7 Å². The van der Waals surface area contributed by atoms with Gasteiger partial charge in [-0.3, -0.25) is 14.4 Å². The number of oxime groups is 1. The fourth-order valence-electron chi connectivity index (χ4n) is 7.94. The molecule has 2 aromatic carbocycles. The zero-order chi connectivity index (χ0) is 37.5. The summed E-state index contributed by atoms with van der Waals surface area (Å²) in [7, 11) is 4.65. The molecule has 17 nitrogen and oxygen atoms in total. The van der Waals surface area contributed by atoms with Crippen molar-refractivity contribution in [3.05, 3.63) is 68.4 Å². The lowest BCUT2D eigenvalue weighted by atomic mass is 9.56. The van der Waals surface area contributed by atoms with Crippen molar-refractivity contribution in [3.8, 4) is 11.5 Å². The van der Waals surface area contributed by atoms with Crippen LogP contribution >= 0.6 is 0 Å². The predicted molar refractivity (Wildman–Crippen MR) is 170 cm³/mol. The van der Waals surface area contributed by atoms with E-state index in [1.165, 1.54) is 27.2 Å². The number of phenols is 2. The molecule has 2 aromatic rings. The molecule has 1 aliphatic heterocycles. The average molecular weight is 713 g/mol. The number of aliphatic hydroxyl groups excluding tert-OH is 2. The van der Waals surface area contributed by atoms with E-state index in [1.807, 2.05) is 0 Å². The minimum Gasteiger partial charge on any atom is -0.507 e. The molecule has 0 amide bonds. The third-order valence-electron chi connectivity index (χ3n) is 10.3. The van der Waals surface area contributed by atoms with Gasteiger partial charge in [-0.15, -0.1) is 0 Å². The highest BCUT2D eigenvalue weighted by atomic mass is 16.6. The fraction of sp³-hybridized carbons (Fsp3) is 0.441. The van der Waals surface area contributed by atoms with Crippen molar-refractivity contribution in [2.75, 3.05) is 28.4 Å². The van der Waals surface area contributed by atoms with Gasteiger partial charge in [-0.1, -0.05) is 11.2 Å². The number of Topliss-reactive ketones (excluding diaryl/α,β-unsaturated/α-hetero) is 3. The van der Waals surface area contributed by atoms with Crippen LogP contribution in [0.2, 0.25) is 0 Å². The van der Waals surface area contributed by atoms with Crippen LogP contribution in [0.25, 0.3) is 0 Å².